The molecule has 4 rings (SSSR count). The van der Waals surface area contributed by atoms with Crippen molar-refractivity contribution in [1.29, 1.82) is 0 Å². The Morgan fingerprint density at radius 1 is 0.969 bits per heavy atom. The number of allylic oxidation sites excluding steroid dienone is 1. The van der Waals surface area contributed by atoms with Crippen LogP contribution in [0.3, 0.4) is 0 Å². The summed E-state index contributed by atoms with van der Waals surface area (Å²) in [5, 5.41) is 10.5. The molecule has 0 aliphatic carbocycles. The van der Waals surface area contributed by atoms with Crippen LogP contribution in [0.5, 0.6) is 23.0 Å². The van der Waals surface area contributed by atoms with Gasteiger partial charge >= 0.3 is 0 Å². The average Bonchev–Trinajstić information content (AvgIpc) is 3.11. The number of rotatable bonds is 7. The van der Waals surface area contributed by atoms with Gasteiger partial charge in [-0.2, -0.15) is 0 Å². The Bertz CT molecular complexity index is 1170. The van der Waals surface area contributed by atoms with Crippen molar-refractivity contribution in [2.24, 2.45) is 0 Å². The molecule has 2 N–H and O–H groups in total. The van der Waals surface area contributed by atoms with E-state index in [-0.39, 0.29) is 17.3 Å². The second kappa shape index (κ2) is 9.16. The number of nitrogens with one attached hydrogen (secondary N) is 1. The third-order valence-electron chi connectivity index (χ3n) is 5.46. The van der Waals surface area contributed by atoms with Crippen LogP contribution in [-0.4, -0.2) is 32.2 Å². The van der Waals surface area contributed by atoms with Crippen molar-refractivity contribution in [3.8, 4) is 23.0 Å². The maximum absolute atomic E-state index is 13.0. The number of aromatic hydroxyl groups is 1. The fourth-order valence-corrected chi connectivity index (χ4v) is 3.94. The predicted octanol–water partition coefficient (Wildman–Crippen LogP) is 3.24. The Morgan fingerprint density at radius 2 is 1.75 bits per heavy atom. The molecule has 1 heterocycles. The maximum Gasteiger partial charge on any atom is 0.231 e. The Labute approximate surface area is 187 Å². The molecule has 0 spiro atoms. The smallest absolute Gasteiger partial charge is 0.231 e. The van der Waals surface area contributed by atoms with E-state index in [1.54, 1.807) is 38.5 Å². The number of ether oxygens (including phenoxy) is 3. The van der Waals surface area contributed by atoms with Crippen LogP contribution in [0.25, 0.3) is 6.08 Å². The van der Waals surface area contributed by atoms with E-state index >= 15 is 0 Å². The third kappa shape index (κ3) is 4.18. The van der Waals surface area contributed by atoms with Crippen LogP contribution in [-0.2, 0) is 13.1 Å². The number of benzene rings is 3. The number of para-hydroxylation sites is 1. The number of phenols is 1. The molecule has 1 atom stereocenters. The van der Waals surface area contributed by atoms with Crippen molar-refractivity contribution in [3.05, 3.63) is 88.7 Å². The number of fused-ring (bicyclic) bond motifs is 1. The first kappa shape index (κ1) is 21.5. The zero-order valence-electron chi connectivity index (χ0n) is 18.3. The van der Waals surface area contributed by atoms with Crippen LogP contribution in [0, 0.1) is 0 Å². The monoisotopic (exact) mass is 432 g/mol. The van der Waals surface area contributed by atoms with Crippen molar-refractivity contribution in [1.82, 2.24) is 0 Å². The van der Waals surface area contributed by atoms with Gasteiger partial charge in [0.2, 0.25) is 5.78 Å². The highest BCUT2D eigenvalue weighted by atomic mass is 16.5. The first-order valence-electron chi connectivity index (χ1n) is 10.4. The van der Waals surface area contributed by atoms with Gasteiger partial charge in [0.1, 0.15) is 18.8 Å². The number of carbonyl (C=O) groups excluding carboxylic acids is 1. The lowest BCUT2D eigenvalue weighted by Crippen LogP contribution is -3.06. The van der Waals surface area contributed by atoms with E-state index in [0.29, 0.717) is 40.5 Å². The number of carbonyl (C=O) groups is 1. The number of quaternary nitrogens is 1. The molecule has 0 radical (unpaired) electrons. The Balaban J connectivity index is 1.64. The van der Waals surface area contributed by atoms with Gasteiger partial charge in [-0.1, -0.05) is 42.5 Å². The van der Waals surface area contributed by atoms with E-state index in [1.807, 2.05) is 37.4 Å². The summed E-state index contributed by atoms with van der Waals surface area (Å²) in [4.78, 5) is 14.2. The molecule has 3 aromatic carbocycles. The zero-order valence-corrected chi connectivity index (χ0v) is 18.3. The van der Waals surface area contributed by atoms with E-state index in [9.17, 15) is 9.90 Å². The molecule has 6 nitrogen and oxygen atoms in total. The molecule has 6 heteroatoms. The molecule has 0 bridgehead atoms. The lowest BCUT2D eigenvalue weighted by atomic mass is 10.0. The summed E-state index contributed by atoms with van der Waals surface area (Å²) in [6, 6.07) is 18.7. The summed E-state index contributed by atoms with van der Waals surface area (Å²) in [7, 11) is 5.15. The summed E-state index contributed by atoms with van der Waals surface area (Å²) in [6.45, 7) is 1.29. The van der Waals surface area contributed by atoms with Crippen LogP contribution in [0.1, 0.15) is 27.0 Å². The molecular weight excluding hydrogens is 406 g/mol. The first-order chi connectivity index (χ1) is 15.5. The molecule has 0 aromatic heterocycles. The molecule has 32 heavy (non-hydrogen) atoms. The second-order valence-electron chi connectivity index (χ2n) is 7.76. The molecule has 0 fully saturated rings. The minimum Gasteiger partial charge on any atom is -0.507 e. The van der Waals surface area contributed by atoms with Crippen molar-refractivity contribution in [3.63, 3.8) is 0 Å². The number of hydrogen-bond acceptors (Lipinski definition) is 5. The third-order valence-corrected chi connectivity index (χ3v) is 5.46. The largest absolute Gasteiger partial charge is 0.507 e. The number of Topliss-reactive ketones (excluding diaryl/α,β-unsaturated/α-hetero) is 1. The number of phenolic OH excluding ortho intramolecular Hbond substituents is 1. The minimum atomic E-state index is -0.230. The zero-order chi connectivity index (χ0) is 22.7. The lowest BCUT2D eigenvalue weighted by molar-refractivity contribution is -0.907. The first-order valence-corrected chi connectivity index (χ1v) is 10.4. The normalized spacial score (nSPS) is 14.7. The van der Waals surface area contributed by atoms with E-state index in [0.717, 1.165) is 11.4 Å². The van der Waals surface area contributed by atoms with Gasteiger partial charge in [0.25, 0.3) is 0 Å². The fourth-order valence-electron chi connectivity index (χ4n) is 3.94. The minimum absolute atomic E-state index is 0.115. The van der Waals surface area contributed by atoms with Crippen molar-refractivity contribution in [2.45, 2.75) is 13.1 Å². The highest BCUT2D eigenvalue weighted by Crippen LogP contribution is 2.40. The summed E-state index contributed by atoms with van der Waals surface area (Å²) in [5.74, 6) is 1.56. The van der Waals surface area contributed by atoms with Crippen LogP contribution in [0.2, 0.25) is 0 Å². The highest BCUT2D eigenvalue weighted by Gasteiger charge is 2.32. The van der Waals surface area contributed by atoms with Crippen LogP contribution < -0.4 is 19.1 Å². The van der Waals surface area contributed by atoms with Gasteiger partial charge in [0.05, 0.1) is 32.4 Å². The number of ketones is 1. The molecule has 1 aliphatic rings. The summed E-state index contributed by atoms with van der Waals surface area (Å²) >= 11 is 0. The van der Waals surface area contributed by atoms with Crippen LogP contribution in [0.4, 0.5) is 0 Å². The topological polar surface area (TPSA) is 69.4 Å². The van der Waals surface area contributed by atoms with E-state index in [2.05, 4.69) is 12.1 Å². The van der Waals surface area contributed by atoms with Crippen molar-refractivity contribution in [2.75, 3.05) is 21.3 Å². The van der Waals surface area contributed by atoms with E-state index in [1.165, 1.54) is 5.56 Å². The molecule has 0 saturated carbocycles. The molecular formula is C26H26NO5+. The lowest BCUT2D eigenvalue weighted by Gasteiger charge is -2.16. The Hall–Kier alpha value is -3.77. The number of methoxy groups -OCH3 is 2. The van der Waals surface area contributed by atoms with Gasteiger partial charge in [0.15, 0.2) is 23.0 Å². The molecule has 0 saturated heterocycles. The predicted molar refractivity (Wildman–Crippen MR) is 121 cm³/mol. The quantitative estimate of drug-likeness (QED) is 0.561. The van der Waals surface area contributed by atoms with Gasteiger partial charge < -0.3 is 24.2 Å². The van der Waals surface area contributed by atoms with Crippen molar-refractivity contribution >= 4 is 11.9 Å². The average molecular weight is 432 g/mol. The van der Waals surface area contributed by atoms with E-state index < -0.39 is 0 Å². The molecule has 3 aromatic rings. The molecule has 0 amide bonds. The molecule has 1 aliphatic heterocycles. The van der Waals surface area contributed by atoms with Gasteiger partial charge in [-0.25, -0.2) is 0 Å². The summed E-state index contributed by atoms with van der Waals surface area (Å²) < 4.78 is 16.8. The SMILES string of the molecule is COc1cccc(/C=C2\Oc3c(ccc(O)c3C[NH+](C)Cc3ccccc3)C2=O)c1OC. The standard InChI is InChI=1S/C26H25NO5/c1-27(15-17-8-5-4-6-9-17)16-20-21(28)13-12-19-24(29)23(32-26(19)20)14-18-10-7-11-22(30-2)25(18)31-3/h4-14,28H,15-16H2,1-3H3/p+1/b23-14-. The van der Waals surface area contributed by atoms with Crippen molar-refractivity contribution < 1.29 is 29.0 Å². The van der Waals surface area contributed by atoms with Gasteiger partial charge in [0, 0.05) is 11.1 Å². The van der Waals surface area contributed by atoms with Gasteiger partial charge in [-0.3, -0.25) is 4.79 Å². The summed E-state index contributed by atoms with van der Waals surface area (Å²) in [5.41, 5.74) is 2.92. The second-order valence-corrected chi connectivity index (χ2v) is 7.76. The molecule has 1 unspecified atom stereocenters. The van der Waals surface area contributed by atoms with E-state index in [4.69, 9.17) is 14.2 Å². The Morgan fingerprint density at radius 3 is 2.47 bits per heavy atom. The van der Waals surface area contributed by atoms with Crippen LogP contribution in [0.15, 0.2) is 66.4 Å². The summed E-state index contributed by atoms with van der Waals surface area (Å²) in [6.07, 6.45) is 1.64. The van der Waals surface area contributed by atoms with Gasteiger partial charge in [-0.05, 0) is 24.3 Å². The number of hydrogen-bond donors (Lipinski definition) is 2. The van der Waals surface area contributed by atoms with Crippen LogP contribution >= 0.6 is 0 Å². The highest BCUT2D eigenvalue weighted by molar-refractivity contribution is 6.15. The van der Waals surface area contributed by atoms with Gasteiger partial charge in [-0.15, -0.1) is 0 Å². The maximum atomic E-state index is 13.0. The Kier molecular flexibility index (Phi) is 6.14. The molecule has 164 valence electrons. The fraction of sp³-hybridized carbons (Fsp3) is 0.192.